The van der Waals surface area contributed by atoms with E-state index < -0.39 is 38.7 Å². The maximum atomic E-state index is 16.2. The van der Waals surface area contributed by atoms with Crippen LogP contribution in [0.3, 0.4) is 0 Å². The zero-order chi connectivity index (χ0) is 44.9. The molecule has 0 saturated carbocycles. The molecule has 2 aromatic heterocycles. The summed E-state index contributed by atoms with van der Waals surface area (Å²) in [6.07, 6.45) is 1.28. The summed E-state index contributed by atoms with van der Waals surface area (Å²) in [6.45, 7) is 3.91. The predicted molar refractivity (Wildman–Crippen MR) is 232 cm³/mol. The fourth-order valence-electron chi connectivity index (χ4n) is 9.16. The van der Waals surface area contributed by atoms with E-state index in [0.717, 1.165) is 0 Å². The summed E-state index contributed by atoms with van der Waals surface area (Å²) in [5.41, 5.74) is -2.58. The van der Waals surface area contributed by atoms with Gasteiger partial charge < -0.3 is 14.7 Å². The summed E-state index contributed by atoms with van der Waals surface area (Å²) >= 11 is 0. The van der Waals surface area contributed by atoms with Crippen molar-refractivity contribution in [1.29, 1.82) is 0 Å². The zero-order valence-electron chi connectivity index (χ0n) is 34.7. The molecule has 0 radical (unpaired) electrons. The third-order valence-electron chi connectivity index (χ3n) is 12.0. The van der Waals surface area contributed by atoms with Crippen molar-refractivity contribution in [3.8, 4) is 34.2 Å². The normalized spacial score (nSPS) is 17.8. The number of Topliss-reactive ketones (excluding diaryl/α,β-unsaturated/α-hetero) is 1. The SMILES string of the molecule is CCCCN1C(C)=C(C(=O)OC)[C@@]2(C(c3nc(-c4ccc([N+](=O)[O-])cc4)nn3-c3ccccc3)c3nc(-c4ccc([N+](=O)[O-])cc4)nn3-c3ccccc3)C(=O)c3ccccc3[C@@]12O. The van der Waals surface area contributed by atoms with Gasteiger partial charge in [-0.05, 0) is 61.9 Å². The van der Waals surface area contributed by atoms with Gasteiger partial charge in [-0.15, -0.1) is 10.2 Å². The Bertz CT molecular complexity index is 2870. The van der Waals surface area contributed by atoms with Crippen LogP contribution in [0.1, 0.15) is 60.2 Å². The Morgan fingerprint density at radius 3 is 1.66 bits per heavy atom. The van der Waals surface area contributed by atoms with Gasteiger partial charge in [-0.2, -0.15) is 0 Å². The van der Waals surface area contributed by atoms with Crippen LogP contribution in [0.4, 0.5) is 11.4 Å². The predicted octanol–water partition coefficient (Wildman–Crippen LogP) is 7.72. The second-order valence-electron chi connectivity index (χ2n) is 15.4. The van der Waals surface area contributed by atoms with Gasteiger partial charge in [0, 0.05) is 58.8 Å². The van der Waals surface area contributed by atoms with E-state index in [9.17, 15) is 30.1 Å². The summed E-state index contributed by atoms with van der Waals surface area (Å²) in [6, 6.07) is 36.0. The van der Waals surface area contributed by atoms with Gasteiger partial charge in [0.15, 0.2) is 23.2 Å². The van der Waals surface area contributed by atoms with Gasteiger partial charge >= 0.3 is 5.97 Å². The molecular weight excluding hydrogens is 819 g/mol. The number of allylic oxidation sites excluding steroid dienone is 1. The van der Waals surface area contributed by atoms with Crippen LogP contribution in [-0.4, -0.2) is 74.8 Å². The van der Waals surface area contributed by atoms with E-state index in [-0.39, 0.29) is 57.9 Å². The molecule has 9 rings (SSSR count). The van der Waals surface area contributed by atoms with Crippen LogP contribution < -0.4 is 0 Å². The Morgan fingerprint density at radius 1 is 0.734 bits per heavy atom. The van der Waals surface area contributed by atoms with Crippen molar-refractivity contribution in [1.82, 2.24) is 34.4 Å². The number of esters is 1. The Kier molecular flexibility index (Phi) is 10.3. The van der Waals surface area contributed by atoms with E-state index in [0.29, 0.717) is 41.0 Å². The summed E-state index contributed by atoms with van der Waals surface area (Å²) in [7, 11) is 1.21. The molecule has 17 nitrogen and oxygen atoms in total. The van der Waals surface area contributed by atoms with Crippen LogP contribution in [0.15, 0.2) is 145 Å². The van der Waals surface area contributed by atoms with Gasteiger partial charge in [-0.25, -0.2) is 24.1 Å². The number of ether oxygens (including phenoxy) is 1. The molecule has 0 saturated heterocycles. The van der Waals surface area contributed by atoms with Crippen molar-refractivity contribution in [2.24, 2.45) is 5.41 Å². The van der Waals surface area contributed by atoms with Crippen LogP contribution in [0.2, 0.25) is 0 Å². The highest BCUT2D eigenvalue weighted by molar-refractivity contribution is 6.15. The number of methoxy groups -OCH3 is 1. The van der Waals surface area contributed by atoms with E-state index in [1.54, 1.807) is 84.6 Å². The number of hydrogen-bond acceptors (Lipinski definition) is 13. The zero-order valence-corrected chi connectivity index (χ0v) is 34.7. The van der Waals surface area contributed by atoms with Crippen molar-refractivity contribution in [2.45, 2.75) is 38.3 Å². The Balaban J connectivity index is 1.45. The van der Waals surface area contributed by atoms with Crippen LogP contribution in [-0.2, 0) is 15.3 Å². The molecule has 17 heteroatoms. The van der Waals surface area contributed by atoms with E-state index in [2.05, 4.69) is 0 Å². The molecule has 0 amide bonds. The standard InChI is InChI=1S/C47H39N9O8/c1-4-5-28-52-29(2)38(45(58)64-3)46(40(57)36-18-12-13-19-37(36)47(46,52)59)39(43-48-41(30-20-24-34(25-21-30)55(60)61)50-53(43)32-14-8-6-9-15-32)44-49-42(31-22-26-35(27-23-31)56(62)63)51-54(44)33-16-10-7-11-17-33/h6-27,39,59H,4-5,28H2,1-3H3/t46-,47+/m1/s1. The van der Waals surface area contributed by atoms with Gasteiger partial charge in [-0.3, -0.25) is 25.0 Å². The number of aliphatic hydroxyl groups is 1. The molecule has 1 N–H and O–H groups in total. The number of nitro benzene ring substituents is 2. The fourth-order valence-corrected chi connectivity index (χ4v) is 9.16. The number of aromatic nitrogens is 6. The molecule has 2 aliphatic rings. The molecule has 1 aliphatic carbocycles. The number of fused-ring (bicyclic) bond motifs is 3. The monoisotopic (exact) mass is 857 g/mol. The number of carbonyl (C=O) groups excluding carboxylic acids is 2. The van der Waals surface area contributed by atoms with E-state index in [1.165, 1.54) is 65.0 Å². The molecule has 320 valence electrons. The number of nitrogens with zero attached hydrogens (tertiary/aromatic N) is 9. The average molecular weight is 858 g/mol. The highest BCUT2D eigenvalue weighted by atomic mass is 16.6. The fraction of sp³-hybridized carbons (Fsp3) is 0.191. The number of unbranched alkanes of at least 4 members (excludes halogenated alkanes) is 1. The van der Waals surface area contributed by atoms with Gasteiger partial charge in [0.1, 0.15) is 23.0 Å². The summed E-state index contributed by atoms with van der Waals surface area (Å²) in [5, 5.41) is 47.5. The van der Waals surface area contributed by atoms with Crippen LogP contribution in [0.25, 0.3) is 34.2 Å². The highest BCUT2D eigenvalue weighted by Gasteiger charge is 2.77. The molecule has 0 unspecified atom stereocenters. The van der Waals surface area contributed by atoms with Crippen molar-refractivity contribution < 1.29 is 29.3 Å². The Labute approximate surface area is 365 Å². The molecule has 64 heavy (non-hydrogen) atoms. The molecule has 5 aromatic carbocycles. The quantitative estimate of drug-likeness (QED) is 0.0669. The van der Waals surface area contributed by atoms with Crippen molar-refractivity contribution in [3.05, 3.63) is 188 Å². The van der Waals surface area contributed by atoms with Crippen LogP contribution in [0, 0.1) is 25.6 Å². The number of benzene rings is 5. The van der Waals surface area contributed by atoms with Crippen LogP contribution >= 0.6 is 0 Å². The molecule has 1 aliphatic heterocycles. The van der Waals surface area contributed by atoms with Crippen molar-refractivity contribution in [3.63, 3.8) is 0 Å². The third-order valence-corrected chi connectivity index (χ3v) is 12.0. The maximum absolute atomic E-state index is 16.2. The molecule has 0 fully saturated rings. The Morgan fingerprint density at radius 2 is 1.20 bits per heavy atom. The molecule has 3 heterocycles. The second-order valence-corrected chi connectivity index (χ2v) is 15.4. The Hall–Kier alpha value is -8.18. The summed E-state index contributed by atoms with van der Waals surface area (Å²) in [4.78, 5) is 65.4. The summed E-state index contributed by atoms with van der Waals surface area (Å²) in [5.74, 6) is -2.74. The van der Waals surface area contributed by atoms with Crippen LogP contribution in [0.5, 0.6) is 0 Å². The smallest absolute Gasteiger partial charge is 0.336 e. The minimum atomic E-state index is -2.32. The molecular formula is C47H39N9O8. The first-order valence-corrected chi connectivity index (χ1v) is 20.4. The third kappa shape index (κ3) is 6.18. The number of ketones is 1. The van der Waals surface area contributed by atoms with Gasteiger partial charge in [0.25, 0.3) is 11.4 Å². The van der Waals surface area contributed by atoms with Gasteiger partial charge in [-0.1, -0.05) is 74.0 Å². The van der Waals surface area contributed by atoms with E-state index in [1.807, 2.05) is 19.1 Å². The van der Waals surface area contributed by atoms with Crippen molar-refractivity contribution in [2.75, 3.05) is 13.7 Å². The number of non-ortho nitro benzene ring substituents is 2. The lowest BCUT2D eigenvalue weighted by Gasteiger charge is -2.45. The van der Waals surface area contributed by atoms with Crippen molar-refractivity contribution >= 4 is 23.1 Å². The number of carbonyl (C=O) groups is 2. The number of para-hydroxylation sites is 2. The largest absolute Gasteiger partial charge is 0.466 e. The number of rotatable bonds is 13. The lowest BCUT2D eigenvalue weighted by Crippen LogP contribution is -2.56. The lowest BCUT2D eigenvalue weighted by molar-refractivity contribution is -0.385. The molecule has 0 bridgehead atoms. The first-order valence-electron chi connectivity index (χ1n) is 20.4. The second kappa shape index (κ2) is 15.9. The minimum Gasteiger partial charge on any atom is -0.466 e. The van der Waals surface area contributed by atoms with E-state index in [4.69, 9.17) is 24.9 Å². The van der Waals surface area contributed by atoms with E-state index >= 15 is 4.79 Å². The number of nitro groups is 2. The maximum Gasteiger partial charge on any atom is 0.336 e. The lowest BCUT2D eigenvalue weighted by atomic mass is 9.62. The first kappa shape index (κ1) is 41.2. The highest BCUT2D eigenvalue weighted by Crippen LogP contribution is 2.68. The molecule has 7 aromatic rings. The average Bonchev–Trinajstić information content (AvgIpc) is 4.05. The minimum absolute atomic E-state index is 0.0468. The van der Waals surface area contributed by atoms with Gasteiger partial charge in [0.2, 0.25) is 0 Å². The molecule has 2 atom stereocenters. The first-order chi connectivity index (χ1) is 30.9. The molecule has 0 spiro atoms. The number of hydrogen-bond donors (Lipinski definition) is 1. The summed E-state index contributed by atoms with van der Waals surface area (Å²) < 4.78 is 8.59. The topological polar surface area (TPSA) is 215 Å². The van der Waals surface area contributed by atoms with Gasteiger partial charge in [0.05, 0.1) is 33.9 Å².